The molecule has 28 nitrogen and oxygen atoms in total. The monoisotopic (exact) mass is 1270 g/mol. The Balaban J connectivity index is 0.000000166. The van der Waals surface area contributed by atoms with E-state index in [9.17, 15) is 63.6 Å². The lowest BCUT2D eigenvalue weighted by molar-refractivity contribution is -0.168. The Hall–Kier alpha value is -5.64. The highest BCUT2D eigenvalue weighted by molar-refractivity contribution is 7.99. The smallest absolute Gasteiger partial charge is 0.462 e. The maximum absolute atomic E-state index is 12.0. The summed E-state index contributed by atoms with van der Waals surface area (Å²) in [7, 11) is -10.6. The quantitative estimate of drug-likeness (QED) is 0.0556. The van der Waals surface area contributed by atoms with Crippen LogP contribution in [0.5, 0.6) is 0 Å². The highest BCUT2D eigenvalue weighted by Gasteiger charge is 2.67. The van der Waals surface area contributed by atoms with E-state index in [-0.39, 0.29) is 111 Å². The van der Waals surface area contributed by atoms with Gasteiger partial charge in [-0.15, -0.1) is 0 Å². The molecule has 0 N–H and O–H groups in total. The van der Waals surface area contributed by atoms with E-state index >= 15 is 0 Å². The predicted molar refractivity (Wildman–Crippen MR) is 285 cm³/mol. The van der Waals surface area contributed by atoms with Crippen LogP contribution in [0, 0.1) is 35.5 Å². The highest BCUT2D eigenvalue weighted by atomic mass is 32.2. The first kappa shape index (κ1) is 65.9. The number of esters is 6. The second-order valence-corrected chi connectivity index (χ2v) is 27.8. The van der Waals surface area contributed by atoms with Gasteiger partial charge in [-0.3, -0.25) is 22.1 Å². The number of hydrogen-bond acceptors (Lipinski definition) is 29. The molecule has 10 rings (SSSR count). The standard InChI is InChI=1S/C17H22O9S.C14H18O8S.C13H16O8S.C8H12O3S/c1-9(2)17(20)24-6-5-23-13(18)3-4-14(19)25-15-10-7-11-12(8-10)27(21,22)26-16(11)15;1-7(2)13(15)19-3-4-20-14(16)21-11-8-5-9-10(6-8)23(17,18)22-12(9)11;1-2-10(14)18-3-4-19-13(15)20-11-7-5-8-9(6-7)22(16,17)21-12(8)11;1-6(2)8(9)11-7-5-12-4-3-10-7/h10-12,15-16H,1,3-8H2,2H3;8-12H,1,3-6H2,2H3;2,7-9,11-12H,1,3-6H2;7H,1,3-5H2,2H3. The van der Waals surface area contributed by atoms with Gasteiger partial charge in [0.2, 0.25) is 6.29 Å². The number of hydrogen-bond donors (Lipinski definition) is 0. The van der Waals surface area contributed by atoms with E-state index < -0.39 is 125 Å². The van der Waals surface area contributed by atoms with Crippen molar-refractivity contribution >= 4 is 90.2 Å². The molecule has 16 atom stereocenters. The fraction of sp³-hybridized carbons (Fsp3) is 0.692. The molecule has 10 aliphatic rings. The Morgan fingerprint density at radius 3 is 1.26 bits per heavy atom. The van der Waals surface area contributed by atoms with Crippen LogP contribution in [-0.2, 0) is 124 Å². The molecular formula is C52H68O28S4. The zero-order valence-corrected chi connectivity index (χ0v) is 49.5. The number of thioether (sulfide) groups is 1. The summed E-state index contributed by atoms with van der Waals surface area (Å²) in [5.41, 5.74) is 0.910. The van der Waals surface area contributed by atoms with E-state index in [1.54, 1.807) is 18.7 Å². The molecule has 6 saturated carbocycles. The SMILES string of the molecule is C=C(C)C(=O)OC1CSCCO1.C=C(C)C(=O)OCCOC(=O)CCC(=O)OC1C2CC3C1OS(=O)(=O)C3C2.C=C(C)C(=O)OCCOC(=O)OC1C2CC3C1OS(=O)(=O)C3C2.C=CC(=O)OCCOC(=O)OC1C2CC3C1OS(=O)(=O)C3C2. The molecule has 6 aliphatic carbocycles. The van der Waals surface area contributed by atoms with E-state index in [4.69, 9.17) is 59.9 Å². The van der Waals surface area contributed by atoms with Gasteiger partial charge in [-0.2, -0.15) is 37.0 Å². The van der Waals surface area contributed by atoms with Crippen molar-refractivity contribution in [3.05, 3.63) is 49.1 Å². The van der Waals surface area contributed by atoms with Gasteiger partial charge < -0.3 is 52.1 Å². The maximum Gasteiger partial charge on any atom is 0.508 e. The first-order chi connectivity index (χ1) is 39.6. The van der Waals surface area contributed by atoms with Gasteiger partial charge in [-0.25, -0.2) is 28.8 Å². The van der Waals surface area contributed by atoms with Crippen molar-refractivity contribution in [2.24, 2.45) is 35.5 Å². The minimum atomic E-state index is -3.56. The molecule has 468 valence electrons. The van der Waals surface area contributed by atoms with Crippen molar-refractivity contribution in [3.8, 4) is 0 Å². The van der Waals surface area contributed by atoms with Gasteiger partial charge in [0.1, 0.15) is 76.3 Å². The van der Waals surface area contributed by atoms with Crippen molar-refractivity contribution in [1.29, 1.82) is 0 Å². The van der Waals surface area contributed by atoms with Gasteiger partial charge in [0.15, 0.2) is 0 Å². The lowest BCUT2D eigenvalue weighted by Crippen LogP contribution is -2.37. The number of carbonyl (C=O) groups is 8. The molecule has 0 aromatic carbocycles. The molecular weight excluding hydrogens is 1200 g/mol. The highest BCUT2D eigenvalue weighted by Crippen LogP contribution is 2.57. The lowest BCUT2D eigenvalue weighted by Gasteiger charge is -2.24. The summed E-state index contributed by atoms with van der Waals surface area (Å²) in [5, 5.41) is -1.40. The van der Waals surface area contributed by atoms with Crippen molar-refractivity contribution < 1.29 is 128 Å². The Kier molecular flexibility index (Phi) is 22.2. The fourth-order valence-corrected chi connectivity index (χ4v) is 18.2. The molecule has 84 heavy (non-hydrogen) atoms. The van der Waals surface area contributed by atoms with Crippen molar-refractivity contribution in [2.45, 2.75) is 131 Å². The van der Waals surface area contributed by atoms with Crippen LogP contribution in [0.4, 0.5) is 9.59 Å². The van der Waals surface area contributed by atoms with E-state index in [0.29, 0.717) is 50.7 Å². The lowest BCUT2D eigenvalue weighted by atomic mass is 9.94. The number of carbonyl (C=O) groups excluding carboxylic acids is 8. The largest absolute Gasteiger partial charge is 0.508 e. The first-order valence-corrected chi connectivity index (χ1v) is 32.5. The molecule has 4 saturated heterocycles. The van der Waals surface area contributed by atoms with Crippen LogP contribution in [0.1, 0.15) is 72.1 Å². The molecule has 0 spiro atoms. The minimum absolute atomic E-state index is 0.0107. The van der Waals surface area contributed by atoms with Crippen LogP contribution in [0.25, 0.3) is 0 Å². The summed E-state index contributed by atoms with van der Waals surface area (Å²) in [6.07, 6.45) is -1.73. The average molecular weight is 1270 g/mol. The normalized spacial score (nSPS) is 33.1. The van der Waals surface area contributed by atoms with Gasteiger partial charge in [0.25, 0.3) is 30.4 Å². The molecule has 6 bridgehead atoms. The summed E-state index contributed by atoms with van der Waals surface area (Å²) < 4.78 is 141. The Morgan fingerprint density at radius 1 is 0.488 bits per heavy atom. The van der Waals surface area contributed by atoms with Crippen molar-refractivity contribution in [1.82, 2.24) is 0 Å². The van der Waals surface area contributed by atoms with Crippen LogP contribution in [0.15, 0.2) is 49.1 Å². The van der Waals surface area contributed by atoms with Crippen molar-refractivity contribution in [3.63, 3.8) is 0 Å². The van der Waals surface area contributed by atoms with Gasteiger partial charge >= 0.3 is 48.1 Å². The van der Waals surface area contributed by atoms with Crippen LogP contribution in [0.2, 0.25) is 0 Å². The van der Waals surface area contributed by atoms with E-state index in [1.165, 1.54) is 13.8 Å². The number of rotatable bonds is 20. The summed E-state index contributed by atoms with van der Waals surface area (Å²) >= 11 is 1.72. The fourth-order valence-electron chi connectivity index (χ4n) is 11.8. The Bertz CT molecular complexity index is 2920. The molecule has 0 aromatic rings. The third-order valence-corrected chi connectivity index (χ3v) is 21.7. The molecule has 0 aromatic heterocycles. The summed E-state index contributed by atoms with van der Waals surface area (Å²) in [4.78, 5) is 91.0. The average Bonchev–Trinajstić information content (AvgIpc) is 3.09. The second-order valence-electron chi connectivity index (χ2n) is 21.3. The maximum atomic E-state index is 12.0. The molecule has 0 amide bonds. The number of fused-ring (bicyclic) bond motifs is 3. The molecule has 32 heteroatoms. The van der Waals surface area contributed by atoms with Gasteiger partial charge in [-0.1, -0.05) is 26.3 Å². The Morgan fingerprint density at radius 2 is 0.869 bits per heavy atom. The van der Waals surface area contributed by atoms with E-state index in [1.807, 2.05) is 0 Å². The van der Waals surface area contributed by atoms with Gasteiger partial charge in [0, 0.05) is 64.1 Å². The first-order valence-electron chi connectivity index (χ1n) is 26.9. The zero-order valence-electron chi connectivity index (χ0n) is 46.2. The topological polar surface area (TPSA) is 368 Å². The second kappa shape index (κ2) is 28.3. The van der Waals surface area contributed by atoms with Crippen molar-refractivity contribution in [2.75, 3.05) is 57.8 Å². The van der Waals surface area contributed by atoms with E-state index in [0.717, 1.165) is 17.6 Å². The van der Waals surface area contributed by atoms with E-state index in [2.05, 4.69) is 31.1 Å². The van der Waals surface area contributed by atoms with Gasteiger partial charge in [-0.05, 0) is 59.3 Å². The summed E-state index contributed by atoms with van der Waals surface area (Å²) in [6, 6.07) is 0. The van der Waals surface area contributed by atoms with Gasteiger partial charge in [0.05, 0.1) is 41.0 Å². The zero-order chi connectivity index (χ0) is 61.4. The van der Waals surface area contributed by atoms with Crippen LogP contribution in [-0.4, -0.2) is 190 Å². The minimum Gasteiger partial charge on any atom is -0.462 e. The van der Waals surface area contributed by atoms with Crippen LogP contribution >= 0.6 is 11.8 Å². The summed E-state index contributed by atoms with van der Waals surface area (Å²) in [6.45, 7) is 18.1. The molecule has 10 fully saturated rings. The number of ether oxygens (including phenoxy) is 11. The third kappa shape index (κ3) is 16.3. The third-order valence-electron chi connectivity index (χ3n) is 15.4. The summed E-state index contributed by atoms with van der Waals surface area (Å²) in [5.74, 6) is -1.97. The molecule has 16 unspecified atom stereocenters. The van der Waals surface area contributed by atoms with Crippen LogP contribution in [0.3, 0.4) is 0 Å². The van der Waals surface area contributed by atoms with Crippen LogP contribution < -0.4 is 0 Å². The molecule has 4 heterocycles. The Labute approximate surface area is 489 Å². The molecule has 4 aliphatic heterocycles. The predicted octanol–water partition coefficient (Wildman–Crippen LogP) is 2.81. The molecule has 0 radical (unpaired) electrons.